The molecule has 3 heterocycles. The van der Waals surface area contributed by atoms with Crippen molar-refractivity contribution in [1.82, 2.24) is 4.57 Å². The summed E-state index contributed by atoms with van der Waals surface area (Å²) < 4.78 is 1.87. The van der Waals surface area contributed by atoms with Crippen molar-refractivity contribution in [2.24, 2.45) is 0 Å². The Balaban J connectivity index is 2.08. The molecule has 1 aliphatic rings. The first-order chi connectivity index (χ1) is 9.99. The molecule has 110 valence electrons. The van der Waals surface area contributed by atoms with Crippen LogP contribution in [0.5, 0.6) is 0 Å². The van der Waals surface area contributed by atoms with Crippen LogP contribution >= 0.6 is 22.9 Å². The normalized spacial score (nSPS) is 17.5. The SMILES string of the molecule is Cc1cc2n(c1C(=O)c1cc(Cl)cs1)CCCC2C(=O)O. The van der Waals surface area contributed by atoms with E-state index in [-0.39, 0.29) is 5.78 Å². The Kier molecular flexibility index (Phi) is 3.63. The van der Waals surface area contributed by atoms with E-state index < -0.39 is 11.9 Å². The summed E-state index contributed by atoms with van der Waals surface area (Å²) in [5.74, 6) is -1.43. The third-order valence-corrected chi connectivity index (χ3v) is 5.13. The summed E-state index contributed by atoms with van der Waals surface area (Å²) in [7, 11) is 0. The Morgan fingerprint density at radius 3 is 2.81 bits per heavy atom. The minimum absolute atomic E-state index is 0.0818. The highest BCUT2D eigenvalue weighted by atomic mass is 35.5. The van der Waals surface area contributed by atoms with Crippen molar-refractivity contribution < 1.29 is 14.7 Å². The zero-order valence-corrected chi connectivity index (χ0v) is 13.0. The van der Waals surface area contributed by atoms with Gasteiger partial charge in [0.1, 0.15) is 0 Å². The van der Waals surface area contributed by atoms with Crippen molar-refractivity contribution in [3.05, 3.63) is 44.4 Å². The fourth-order valence-electron chi connectivity index (χ4n) is 2.94. The minimum Gasteiger partial charge on any atom is -0.481 e. The molecule has 0 bridgehead atoms. The predicted molar refractivity (Wildman–Crippen MR) is 81.5 cm³/mol. The fraction of sp³-hybridized carbons (Fsp3) is 0.333. The number of thiophene rings is 1. The van der Waals surface area contributed by atoms with Gasteiger partial charge in [0, 0.05) is 17.6 Å². The quantitative estimate of drug-likeness (QED) is 0.876. The summed E-state index contributed by atoms with van der Waals surface area (Å²) >= 11 is 7.20. The highest BCUT2D eigenvalue weighted by molar-refractivity contribution is 7.12. The van der Waals surface area contributed by atoms with Crippen LogP contribution < -0.4 is 0 Å². The van der Waals surface area contributed by atoms with E-state index in [4.69, 9.17) is 11.6 Å². The predicted octanol–water partition coefficient (Wildman–Crippen LogP) is 3.70. The van der Waals surface area contributed by atoms with Gasteiger partial charge in [-0.2, -0.15) is 0 Å². The van der Waals surface area contributed by atoms with Crippen LogP contribution in [0.25, 0.3) is 0 Å². The number of carboxylic acids is 1. The molecule has 3 rings (SSSR count). The average molecular weight is 324 g/mol. The van der Waals surface area contributed by atoms with Gasteiger partial charge in [0.2, 0.25) is 5.78 Å². The average Bonchev–Trinajstić information content (AvgIpc) is 3.00. The van der Waals surface area contributed by atoms with Gasteiger partial charge in [0.05, 0.1) is 21.5 Å². The molecule has 1 atom stereocenters. The number of hydrogen-bond donors (Lipinski definition) is 1. The van der Waals surface area contributed by atoms with Crippen LogP contribution in [-0.4, -0.2) is 21.4 Å². The van der Waals surface area contributed by atoms with E-state index in [0.717, 1.165) is 17.7 Å². The van der Waals surface area contributed by atoms with Crippen LogP contribution in [0.15, 0.2) is 17.5 Å². The Morgan fingerprint density at radius 1 is 1.43 bits per heavy atom. The summed E-state index contributed by atoms with van der Waals surface area (Å²) in [6.45, 7) is 2.54. The number of carboxylic acid groups (broad SMARTS) is 1. The van der Waals surface area contributed by atoms with Gasteiger partial charge >= 0.3 is 5.97 Å². The van der Waals surface area contributed by atoms with E-state index in [1.165, 1.54) is 11.3 Å². The van der Waals surface area contributed by atoms with Crippen LogP contribution in [0.4, 0.5) is 0 Å². The van der Waals surface area contributed by atoms with Crippen molar-refractivity contribution in [2.45, 2.75) is 32.2 Å². The molecule has 0 saturated carbocycles. The van der Waals surface area contributed by atoms with Crippen molar-refractivity contribution in [3.8, 4) is 0 Å². The molecule has 21 heavy (non-hydrogen) atoms. The highest BCUT2D eigenvalue weighted by Crippen LogP contribution is 2.33. The van der Waals surface area contributed by atoms with E-state index in [9.17, 15) is 14.7 Å². The van der Waals surface area contributed by atoms with Crippen LogP contribution in [0.1, 0.15) is 45.4 Å². The third kappa shape index (κ3) is 2.40. The lowest BCUT2D eigenvalue weighted by molar-refractivity contribution is -0.139. The van der Waals surface area contributed by atoms with E-state index >= 15 is 0 Å². The zero-order valence-electron chi connectivity index (χ0n) is 11.4. The molecule has 2 aromatic heterocycles. The number of halogens is 1. The summed E-state index contributed by atoms with van der Waals surface area (Å²) in [4.78, 5) is 24.6. The molecule has 0 saturated heterocycles. The smallest absolute Gasteiger partial charge is 0.312 e. The first-order valence-corrected chi connectivity index (χ1v) is 7.96. The van der Waals surface area contributed by atoms with Crippen LogP contribution in [0, 0.1) is 6.92 Å². The summed E-state index contributed by atoms with van der Waals surface area (Å²) in [5, 5.41) is 11.6. The van der Waals surface area contributed by atoms with Gasteiger partial charge in [0.25, 0.3) is 0 Å². The number of fused-ring (bicyclic) bond motifs is 1. The van der Waals surface area contributed by atoms with Gasteiger partial charge < -0.3 is 9.67 Å². The zero-order chi connectivity index (χ0) is 15.1. The molecule has 0 amide bonds. The van der Waals surface area contributed by atoms with Crippen molar-refractivity contribution in [3.63, 3.8) is 0 Å². The molecule has 4 nitrogen and oxygen atoms in total. The van der Waals surface area contributed by atoms with Gasteiger partial charge in [-0.05, 0) is 37.5 Å². The molecule has 0 aliphatic carbocycles. The second-order valence-corrected chi connectivity index (χ2v) is 6.59. The van der Waals surface area contributed by atoms with Gasteiger partial charge in [-0.25, -0.2) is 0 Å². The largest absolute Gasteiger partial charge is 0.481 e. The Hall–Kier alpha value is -1.59. The standard InChI is InChI=1S/C15H14ClNO3S/c1-8-5-11-10(15(19)20)3-2-4-17(11)13(8)14(18)12-6-9(16)7-21-12/h5-7,10H,2-4H2,1H3,(H,19,20). The first kappa shape index (κ1) is 14.4. The molecular weight excluding hydrogens is 310 g/mol. The summed E-state index contributed by atoms with van der Waals surface area (Å²) in [6.07, 6.45) is 1.39. The van der Waals surface area contributed by atoms with Gasteiger partial charge in [0.15, 0.2) is 0 Å². The Bertz CT molecular complexity index is 731. The number of rotatable bonds is 3. The molecule has 1 aliphatic heterocycles. The number of nitrogens with zero attached hydrogens (tertiary/aromatic N) is 1. The van der Waals surface area contributed by atoms with E-state index in [1.54, 1.807) is 11.4 Å². The second-order valence-electron chi connectivity index (χ2n) is 5.24. The number of carbonyl (C=O) groups is 2. The second kappa shape index (κ2) is 5.31. The van der Waals surface area contributed by atoms with Gasteiger partial charge in [-0.3, -0.25) is 9.59 Å². The van der Waals surface area contributed by atoms with Crippen molar-refractivity contribution in [1.29, 1.82) is 0 Å². The lowest BCUT2D eigenvalue weighted by atomic mass is 9.96. The summed E-state index contributed by atoms with van der Waals surface area (Å²) in [5.41, 5.74) is 2.15. The van der Waals surface area contributed by atoms with Gasteiger partial charge in [-0.1, -0.05) is 11.6 Å². The lowest BCUT2D eigenvalue weighted by Crippen LogP contribution is -2.23. The monoisotopic (exact) mass is 323 g/mol. The molecule has 2 aromatic rings. The summed E-state index contributed by atoms with van der Waals surface area (Å²) in [6, 6.07) is 3.49. The fourth-order valence-corrected chi connectivity index (χ4v) is 3.96. The molecular formula is C15H14ClNO3S. The van der Waals surface area contributed by atoms with Gasteiger partial charge in [-0.15, -0.1) is 11.3 Å². The minimum atomic E-state index is -0.827. The number of aromatic nitrogens is 1. The maximum Gasteiger partial charge on any atom is 0.312 e. The van der Waals surface area contributed by atoms with Crippen molar-refractivity contribution in [2.75, 3.05) is 0 Å². The third-order valence-electron chi connectivity index (χ3n) is 3.86. The lowest BCUT2D eigenvalue weighted by Gasteiger charge is -2.23. The Labute approximate surface area is 131 Å². The number of hydrogen-bond acceptors (Lipinski definition) is 3. The highest BCUT2D eigenvalue weighted by Gasteiger charge is 2.31. The van der Waals surface area contributed by atoms with Crippen LogP contribution in [-0.2, 0) is 11.3 Å². The van der Waals surface area contributed by atoms with E-state index in [2.05, 4.69) is 0 Å². The maximum absolute atomic E-state index is 12.7. The topological polar surface area (TPSA) is 59.3 Å². The van der Waals surface area contributed by atoms with E-state index in [1.807, 2.05) is 17.6 Å². The number of aliphatic carboxylic acids is 1. The number of ketones is 1. The molecule has 6 heteroatoms. The van der Waals surface area contributed by atoms with E-state index in [0.29, 0.717) is 28.6 Å². The first-order valence-electron chi connectivity index (χ1n) is 6.70. The molecule has 1 unspecified atom stereocenters. The molecule has 0 fully saturated rings. The van der Waals surface area contributed by atoms with Crippen LogP contribution in [0.2, 0.25) is 5.02 Å². The van der Waals surface area contributed by atoms with Crippen molar-refractivity contribution >= 4 is 34.7 Å². The number of carbonyl (C=O) groups excluding carboxylic acids is 1. The number of aryl methyl sites for hydroxylation is 1. The molecule has 0 spiro atoms. The van der Waals surface area contributed by atoms with Crippen LogP contribution in [0.3, 0.4) is 0 Å². The molecule has 0 aromatic carbocycles. The molecule has 1 N–H and O–H groups in total. The Morgan fingerprint density at radius 2 is 2.19 bits per heavy atom. The maximum atomic E-state index is 12.7. The molecule has 0 radical (unpaired) electrons.